The van der Waals surface area contributed by atoms with Crippen molar-refractivity contribution in [2.45, 2.75) is 39.8 Å². The molecule has 0 radical (unpaired) electrons. The lowest BCUT2D eigenvalue weighted by Gasteiger charge is -2.19. The van der Waals surface area contributed by atoms with E-state index in [1.165, 1.54) is 4.57 Å². The van der Waals surface area contributed by atoms with Crippen LogP contribution in [0, 0.1) is 6.92 Å². The van der Waals surface area contributed by atoms with E-state index in [4.69, 9.17) is 10.5 Å². The van der Waals surface area contributed by atoms with E-state index in [0.717, 1.165) is 39.1 Å². The van der Waals surface area contributed by atoms with E-state index in [1.807, 2.05) is 70.2 Å². The van der Waals surface area contributed by atoms with Crippen molar-refractivity contribution in [2.75, 3.05) is 5.32 Å². The smallest absolute Gasteiger partial charge is 0.418 e. The van der Waals surface area contributed by atoms with E-state index < -0.39 is 17.6 Å². The molecular weight excluding hydrogens is 416 g/mol. The van der Waals surface area contributed by atoms with Crippen molar-refractivity contribution in [3.8, 4) is 11.3 Å². The second-order valence-electron chi connectivity index (χ2n) is 9.04. The van der Waals surface area contributed by atoms with Crippen LogP contribution in [0.2, 0.25) is 0 Å². The van der Waals surface area contributed by atoms with Crippen LogP contribution in [0.3, 0.4) is 0 Å². The van der Waals surface area contributed by atoms with Crippen molar-refractivity contribution < 1.29 is 14.3 Å². The fourth-order valence-corrected chi connectivity index (χ4v) is 3.80. The summed E-state index contributed by atoms with van der Waals surface area (Å²) < 4.78 is 7.01. The number of nitrogens with one attached hydrogen (secondary N) is 2. The molecule has 7 heteroatoms. The zero-order valence-corrected chi connectivity index (χ0v) is 19.2. The molecule has 33 heavy (non-hydrogen) atoms. The van der Waals surface area contributed by atoms with Gasteiger partial charge in [-0.25, -0.2) is 4.79 Å². The van der Waals surface area contributed by atoms with Crippen LogP contribution in [-0.4, -0.2) is 27.2 Å². The number of hydrogen-bond donors (Lipinski definition) is 3. The number of aromatic amines is 1. The summed E-state index contributed by atoms with van der Waals surface area (Å²) in [5, 5.41) is 4.43. The number of carbonyl (C=O) groups excluding carboxylic acids is 2. The summed E-state index contributed by atoms with van der Waals surface area (Å²) in [7, 11) is 0. The van der Waals surface area contributed by atoms with Crippen LogP contribution in [-0.2, 0) is 11.3 Å². The first-order valence-corrected chi connectivity index (χ1v) is 10.8. The molecule has 0 bridgehead atoms. The van der Waals surface area contributed by atoms with Gasteiger partial charge >= 0.3 is 6.09 Å². The van der Waals surface area contributed by atoms with Gasteiger partial charge in [0, 0.05) is 40.8 Å². The van der Waals surface area contributed by atoms with E-state index >= 15 is 0 Å². The number of aryl methyl sites for hydroxylation is 1. The molecule has 0 spiro atoms. The van der Waals surface area contributed by atoms with Crippen LogP contribution in [0.15, 0.2) is 60.8 Å². The minimum Gasteiger partial charge on any atom is -0.443 e. The Morgan fingerprint density at radius 3 is 2.55 bits per heavy atom. The lowest BCUT2D eigenvalue weighted by molar-refractivity contribution is 0.0544. The Morgan fingerprint density at radius 1 is 1.09 bits per heavy atom. The van der Waals surface area contributed by atoms with Crippen molar-refractivity contribution in [3.05, 3.63) is 77.6 Å². The minimum atomic E-state index is -0.555. The summed E-state index contributed by atoms with van der Waals surface area (Å²) in [5.74, 6) is -0.452. The van der Waals surface area contributed by atoms with E-state index in [2.05, 4.69) is 16.4 Å². The van der Waals surface area contributed by atoms with Crippen molar-refractivity contribution in [1.82, 2.24) is 9.55 Å². The maximum Gasteiger partial charge on any atom is 0.418 e. The molecule has 2 aromatic heterocycles. The summed E-state index contributed by atoms with van der Waals surface area (Å²) in [4.78, 5) is 27.4. The zero-order chi connectivity index (χ0) is 23.8. The minimum absolute atomic E-state index is 0.395. The van der Waals surface area contributed by atoms with Crippen molar-refractivity contribution in [3.63, 3.8) is 0 Å². The molecule has 4 rings (SSSR count). The number of para-hydroxylation sites is 1. The lowest BCUT2D eigenvalue weighted by Crippen LogP contribution is -2.26. The van der Waals surface area contributed by atoms with Crippen LogP contribution < -0.4 is 11.1 Å². The monoisotopic (exact) mass is 444 g/mol. The van der Waals surface area contributed by atoms with Crippen LogP contribution in [0.5, 0.6) is 0 Å². The number of nitrogens with two attached hydrogens (primary N) is 1. The Balaban J connectivity index is 1.55. The van der Waals surface area contributed by atoms with Crippen LogP contribution in [0.4, 0.5) is 10.5 Å². The second kappa shape index (κ2) is 8.50. The van der Waals surface area contributed by atoms with Crippen LogP contribution in [0.25, 0.3) is 22.2 Å². The predicted molar refractivity (Wildman–Crippen MR) is 130 cm³/mol. The number of rotatable bonds is 5. The molecule has 4 aromatic rings. The van der Waals surface area contributed by atoms with Gasteiger partial charge in [0.15, 0.2) is 0 Å². The second-order valence-corrected chi connectivity index (χ2v) is 9.04. The molecule has 7 nitrogen and oxygen atoms in total. The predicted octanol–water partition coefficient (Wildman–Crippen LogP) is 5.44. The number of nitrogens with zero attached hydrogens (tertiary/aromatic N) is 1. The van der Waals surface area contributed by atoms with Crippen LogP contribution >= 0.6 is 0 Å². The maximum atomic E-state index is 12.5. The molecule has 4 N–H and O–H groups in total. The van der Waals surface area contributed by atoms with Gasteiger partial charge < -0.3 is 20.8 Å². The standard InChI is InChI=1S/C26H28N4O3/c1-16-20(24(27)31)14-22(29-16)19-7-5-6-8-21(19)28-15-17-9-10-23-18(13-17)11-12-30(23)25(32)33-26(2,3)4/h5-14,28-29H,15H2,1-4H3,(H2,27,31). The highest BCUT2D eigenvalue weighted by Crippen LogP contribution is 2.29. The molecule has 0 atom stereocenters. The number of aromatic nitrogens is 2. The first kappa shape index (κ1) is 22.2. The summed E-state index contributed by atoms with van der Waals surface area (Å²) in [6, 6.07) is 17.5. The van der Waals surface area contributed by atoms with Gasteiger partial charge in [0.05, 0.1) is 11.1 Å². The number of benzene rings is 2. The molecular formula is C26H28N4O3. The third-order valence-electron chi connectivity index (χ3n) is 5.33. The molecule has 2 heterocycles. The van der Waals surface area contributed by atoms with E-state index in [-0.39, 0.29) is 0 Å². The quantitative estimate of drug-likeness (QED) is 0.381. The average Bonchev–Trinajstić information content (AvgIpc) is 3.34. The number of primary amides is 1. The summed E-state index contributed by atoms with van der Waals surface area (Å²) in [6.45, 7) is 7.97. The van der Waals surface area contributed by atoms with Crippen molar-refractivity contribution >= 4 is 28.6 Å². The molecule has 0 aliphatic carbocycles. The number of amides is 1. The first-order chi connectivity index (χ1) is 15.6. The van der Waals surface area contributed by atoms with Crippen LogP contribution in [0.1, 0.15) is 42.4 Å². The van der Waals surface area contributed by atoms with Crippen molar-refractivity contribution in [2.24, 2.45) is 5.73 Å². The highest BCUT2D eigenvalue weighted by molar-refractivity contribution is 5.96. The van der Waals surface area contributed by atoms with E-state index in [1.54, 1.807) is 12.3 Å². The zero-order valence-electron chi connectivity index (χ0n) is 19.2. The Labute approximate surface area is 192 Å². The highest BCUT2D eigenvalue weighted by atomic mass is 16.6. The summed E-state index contributed by atoms with van der Waals surface area (Å²) in [5.41, 5.74) is 10.7. The van der Waals surface area contributed by atoms with Gasteiger partial charge in [-0.1, -0.05) is 24.3 Å². The Hall–Kier alpha value is -4.00. The first-order valence-electron chi connectivity index (χ1n) is 10.8. The van der Waals surface area contributed by atoms with Gasteiger partial charge in [-0.15, -0.1) is 0 Å². The third-order valence-corrected chi connectivity index (χ3v) is 5.33. The fourth-order valence-electron chi connectivity index (χ4n) is 3.80. The summed E-state index contributed by atoms with van der Waals surface area (Å²) >= 11 is 0. The highest BCUT2D eigenvalue weighted by Gasteiger charge is 2.19. The molecule has 0 saturated carbocycles. The largest absolute Gasteiger partial charge is 0.443 e. The molecule has 0 saturated heterocycles. The van der Waals surface area contributed by atoms with Gasteiger partial charge in [0.2, 0.25) is 0 Å². The molecule has 0 fully saturated rings. The van der Waals surface area contributed by atoms with E-state index in [9.17, 15) is 9.59 Å². The maximum absolute atomic E-state index is 12.5. The number of H-pyrrole nitrogens is 1. The molecule has 1 amide bonds. The lowest BCUT2D eigenvalue weighted by atomic mass is 10.1. The Kier molecular flexibility index (Phi) is 5.72. The Morgan fingerprint density at radius 2 is 1.85 bits per heavy atom. The normalized spacial score (nSPS) is 11.5. The number of carbonyl (C=O) groups is 2. The van der Waals surface area contributed by atoms with Gasteiger partial charge in [0.1, 0.15) is 5.60 Å². The van der Waals surface area contributed by atoms with Crippen molar-refractivity contribution in [1.29, 1.82) is 0 Å². The van der Waals surface area contributed by atoms with Gasteiger partial charge in [-0.3, -0.25) is 9.36 Å². The summed E-state index contributed by atoms with van der Waals surface area (Å²) in [6.07, 6.45) is 1.34. The number of anilines is 1. The molecule has 0 aliphatic heterocycles. The fraction of sp³-hybridized carbons (Fsp3) is 0.231. The van der Waals surface area contributed by atoms with Gasteiger partial charge in [-0.05, 0) is 63.6 Å². The van der Waals surface area contributed by atoms with Gasteiger partial charge in [0.25, 0.3) is 5.91 Å². The topological polar surface area (TPSA) is 102 Å². The third kappa shape index (κ3) is 4.77. The SMILES string of the molecule is Cc1[nH]c(-c2ccccc2NCc2ccc3c(ccn3C(=O)OC(C)(C)C)c2)cc1C(N)=O. The Bertz CT molecular complexity index is 1340. The molecule has 2 aromatic carbocycles. The number of fused-ring (bicyclic) bond motifs is 1. The molecule has 170 valence electrons. The number of hydrogen-bond acceptors (Lipinski definition) is 4. The molecule has 0 aliphatic rings. The van der Waals surface area contributed by atoms with Gasteiger partial charge in [-0.2, -0.15) is 0 Å². The molecule has 0 unspecified atom stereocenters. The average molecular weight is 445 g/mol. The number of ether oxygens (including phenoxy) is 1. The van der Waals surface area contributed by atoms with E-state index in [0.29, 0.717) is 12.1 Å².